The first-order chi connectivity index (χ1) is 13.6. The predicted octanol–water partition coefficient (Wildman–Crippen LogP) is 3.10. The van der Waals surface area contributed by atoms with Crippen molar-refractivity contribution in [3.63, 3.8) is 0 Å². The lowest BCUT2D eigenvalue weighted by atomic mass is 10.1. The lowest BCUT2D eigenvalue weighted by Crippen LogP contribution is -2.48. The molecule has 1 aromatic carbocycles. The van der Waals surface area contributed by atoms with Crippen LogP contribution in [0.15, 0.2) is 53.1 Å². The van der Waals surface area contributed by atoms with Crippen LogP contribution in [0.2, 0.25) is 0 Å². The third kappa shape index (κ3) is 4.17. The van der Waals surface area contributed by atoms with Crippen molar-refractivity contribution >= 4 is 5.91 Å². The van der Waals surface area contributed by atoms with E-state index in [1.807, 2.05) is 46.8 Å². The molecule has 1 aliphatic heterocycles. The summed E-state index contributed by atoms with van der Waals surface area (Å²) in [6, 6.07) is 13.9. The number of aromatic nitrogens is 2. The Balaban J connectivity index is 1.38. The van der Waals surface area contributed by atoms with Gasteiger partial charge in [-0.05, 0) is 49.7 Å². The van der Waals surface area contributed by atoms with E-state index in [0.717, 1.165) is 61.0 Å². The number of hydrogen-bond acceptors (Lipinski definition) is 4. The molecule has 1 fully saturated rings. The van der Waals surface area contributed by atoms with Crippen molar-refractivity contribution in [2.24, 2.45) is 0 Å². The molecule has 28 heavy (non-hydrogen) atoms. The predicted molar refractivity (Wildman–Crippen MR) is 107 cm³/mol. The topological polar surface area (TPSA) is 54.5 Å². The molecule has 146 valence electrons. The molecule has 6 heteroatoms. The van der Waals surface area contributed by atoms with Crippen LogP contribution in [0, 0.1) is 13.8 Å². The Kier molecular flexibility index (Phi) is 5.30. The van der Waals surface area contributed by atoms with Crippen molar-refractivity contribution in [1.29, 1.82) is 0 Å². The van der Waals surface area contributed by atoms with E-state index in [1.54, 1.807) is 6.26 Å². The van der Waals surface area contributed by atoms with Crippen LogP contribution in [0.1, 0.15) is 33.1 Å². The van der Waals surface area contributed by atoms with Crippen molar-refractivity contribution in [1.82, 2.24) is 19.6 Å². The Labute approximate surface area is 165 Å². The molecule has 6 nitrogen and oxygen atoms in total. The minimum Gasteiger partial charge on any atom is -0.468 e. The second kappa shape index (κ2) is 8.02. The lowest BCUT2D eigenvalue weighted by molar-refractivity contribution is 0.0620. The standard InChI is InChI=1S/C22H26N4O2/c1-17-13-18(2)26(23-17)15-19-5-3-6-20(14-19)22(27)25-10-8-24(9-11-25)16-21-7-4-12-28-21/h3-7,12-14H,8-11,15-16H2,1-2H3. The normalized spacial score (nSPS) is 15.1. The van der Waals surface area contributed by atoms with Gasteiger partial charge in [-0.1, -0.05) is 12.1 Å². The number of hydrogen-bond donors (Lipinski definition) is 0. The van der Waals surface area contributed by atoms with Gasteiger partial charge in [0.2, 0.25) is 0 Å². The van der Waals surface area contributed by atoms with Gasteiger partial charge < -0.3 is 9.32 Å². The lowest BCUT2D eigenvalue weighted by Gasteiger charge is -2.34. The summed E-state index contributed by atoms with van der Waals surface area (Å²) in [5, 5.41) is 4.52. The number of nitrogens with zero attached hydrogens (tertiary/aromatic N) is 4. The molecular formula is C22H26N4O2. The monoisotopic (exact) mass is 378 g/mol. The Hall–Kier alpha value is -2.86. The first-order valence-electron chi connectivity index (χ1n) is 9.72. The maximum Gasteiger partial charge on any atom is 0.253 e. The minimum absolute atomic E-state index is 0.105. The zero-order valence-corrected chi connectivity index (χ0v) is 16.5. The molecule has 1 aliphatic rings. The third-order valence-corrected chi connectivity index (χ3v) is 5.23. The Morgan fingerprint density at radius 1 is 1.04 bits per heavy atom. The highest BCUT2D eigenvalue weighted by Crippen LogP contribution is 2.14. The summed E-state index contributed by atoms with van der Waals surface area (Å²) < 4.78 is 7.40. The SMILES string of the molecule is Cc1cc(C)n(Cc2cccc(C(=O)N3CCN(Cc4ccco4)CC3)c2)n1. The van der Waals surface area contributed by atoms with Crippen LogP contribution in [0.25, 0.3) is 0 Å². The van der Waals surface area contributed by atoms with E-state index < -0.39 is 0 Å². The fourth-order valence-corrected chi connectivity index (χ4v) is 3.73. The van der Waals surface area contributed by atoms with Gasteiger partial charge >= 0.3 is 0 Å². The molecule has 1 amide bonds. The van der Waals surface area contributed by atoms with Gasteiger partial charge in [-0.2, -0.15) is 5.10 Å². The maximum absolute atomic E-state index is 13.0. The summed E-state index contributed by atoms with van der Waals surface area (Å²) in [6.45, 7) is 8.72. The quantitative estimate of drug-likeness (QED) is 0.685. The van der Waals surface area contributed by atoms with Gasteiger partial charge in [-0.3, -0.25) is 14.4 Å². The van der Waals surface area contributed by atoms with Crippen molar-refractivity contribution < 1.29 is 9.21 Å². The smallest absolute Gasteiger partial charge is 0.253 e. The Morgan fingerprint density at radius 2 is 1.86 bits per heavy atom. The highest BCUT2D eigenvalue weighted by Gasteiger charge is 2.22. The summed E-state index contributed by atoms with van der Waals surface area (Å²) in [6.07, 6.45) is 1.70. The number of carbonyl (C=O) groups is 1. The average Bonchev–Trinajstić information content (AvgIpc) is 3.31. The van der Waals surface area contributed by atoms with Crippen molar-refractivity contribution in [2.75, 3.05) is 26.2 Å². The molecule has 3 aromatic rings. The van der Waals surface area contributed by atoms with E-state index in [0.29, 0.717) is 6.54 Å². The molecule has 4 rings (SSSR count). The van der Waals surface area contributed by atoms with Crippen LogP contribution in [-0.2, 0) is 13.1 Å². The van der Waals surface area contributed by atoms with Crippen LogP contribution in [0.3, 0.4) is 0 Å². The fraction of sp³-hybridized carbons (Fsp3) is 0.364. The molecular weight excluding hydrogens is 352 g/mol. The maximum atomic E-state index is 13.0. The van der Waals surface area contributed by atoms with Gasteiger partial charge in [0.15, 0.2) is 0 Å². The van der Waals surface area contributed by atoms with E-state index in [1.165, 1.54) is 0 Å². The van der Waals surface area contributed by atoms with E-state index in [4.69, 9.17) is 4.42 Å². The Bertz CT molecular complexity index is 937. The molecule has 0 N–H and O–H groups in total. The minimum atomic E-state index is 0.105. The number of furan rings is 1. The first kappa shape index (κ1) is 18.5. The zero-order valence-electron chi connectivity index (χ0n) is 16.5. The fourth-order valence-electron chi connectivity index (χ4n) is 3.73. The highest BCUT2D eigenvalue weighted by atomic mass is 16.3. The van der Waals surface area contributed by atoms with Gasteiger partial charge in [-0.15, -0.1) is 0 Å². The van der Waals surface area contributed by atoms with Crippen molar-refractivity contribution in [3.05, 3.63) is 77.0 Å². The van der Waals surface area contributed by atoms with E-state index in [-0.39, 0.29) is 5.91 Å². The van der Waals surface area contributed by atoms with Crippen LogP contribution in [0.5, 0.6) is 0 Å². The third-order valence-electron chi connectivity index (χ3n) is 5.23. The van der Waals surface area contributed by atoms with Gasteiger partial charge in [0.25, 0.3) is 5.91 Å². The van der Waals surface area contributed by atoms with Crippen molar-refractivity contribution in [3.8, 4) is 0 Å². The van der Waals surface area contributed by atoms with Crippen LogP contribution in [-0.4, -0.2) is 51.7 Å². The summed E-state index contributed by atoms with van der Waals surface area (Å²) >= 11 is 0. The summed E-state index contributed by atoms with van der Waals surface area (Å²) in [5.41, 5.74) is 3.98. The highest BCUT2D eigenvalue weighted by molar-refractivity contribution is 5.94. The summed E-state index contributed by atoms with van der Waals surface area (Å²) in [4.78, 5) is 17.2. The van der Waals surface area contributed by atoms with Crippen molar-refractivity contribution in [2.45, 2.75) is 26.9 Å². The second-order valence-corrected chi connectivity index (χ2v) is 7.43. The van der Waals surface area contributed by atoms with E-state index in [9.17, 15) is 4.79 Å². The molecule has 0 saturated carbocycles. The molecule has 0 radical (unpaired) electrons. The summed E-state index contributed by atoms with van der Waals surface area (Å²) in [5.74, 6) is 1.07. The van der Waals surface area contributed by atoms with E-state index in [2.05, 4.69) is 29.1 Å². The van der Waals surface area contributed by atoms with Gasteiger partial charge in [0.05, 0.1) is 25.0 Å². The van der Waals surface area contributed by atoms with Crippen LogP contribution in [0.4, 0.5) is 0 Å². The number of aryl methyl sites for hydroxylation is 2. The molecule has 0 bridgehead atoms. The number of rotatable bonds is 5. The molecule has 2 aromatic heterocycles. The molecule has 0 spiro atoms. The largest absolute Gasteiger partial charge is 0.468 e. The molecule has 0 unspecified atom stereocenters. The first-order valence-corrected chi connectivity index (χ1v) is 9.72. The van der Waals surface area contributed by atoms with Gasteiger partial charge in [0.1, 0.15) is 5.76 Å². The summed E-state index contributed by atoms with van der Waals surface area (Å²) in [7, 11) is 0. The molecule has 3 heterocycles. The van der Waals surface area contributed by atoms with Gasteiger partial charge in [-0.25, -0.2) is 0 Å². The van der Waals surface area contributed by atoms with Crippen LogP contribution >= 0.6 is 0 Å². The number of carbonyl (C=O) groups excluding carboxylic acids is 1. The van der Waals surface area contributed by atoms with Crippen LogP contribution < -0.4 is 0 Å². The molecule has 0 atom stereocenters. The van der Waals surface area contributed by atoms with Gasteiger partial charge in [0, 0.05) is 37.4 Å². The molecule has 0 aliphatic carbocycles. The average molecular weight is 378 g/mol. The van der Waals surface area contributed by atoms with E-state index >= 15 is 0 Å². The number of piperazine rings is 1. The second-order valence-electron chi connectivity index (χ2n) is 7.43. The number of amides is 1. The number of benzene rings is 1. The zero-order chi connectivity index (χ0) is 19.5. The molecule has 1 saturated heterocycles. The Morgan fingerprint density at radius 3 is 2.54 bits per heavy atom.